The van der Waals surface area contributed by atoms with E-state index in [1.807, 2.05) is 35.2 Å². The van der Waals surface area contributed by atoms with Crippen molar-refractivity contribution in [3.05, 3.63) is 52.9 Å². The summed E-state index contributed by atoms with van der Waals surface area (Å²) in [5.74, 6) is 0.874. The first-order valence-corrected chi connectivity index (χ1v) is 8.40. The fourth-order valence-electron chi connectivity index (χ4n) is 3.12. The molecule has 0 radical (unpaired) electrons. The number of aromatic nitrogens is 1. The number of benzene rings is 1. The molecule has 1 saturated heterocycles. The molecular weight excluding hydrogens is 304 g/mol. The van der Waals surface area contributed by atoms with Crippen LogP contribution in [0.4, 0.5) is 0 Å². The number of amides is 1. The van der Waals surface area contributed by atoms with Crippen molar-refractivity contribution in [1.29, 1.82) is 0 Å². The molecule has 2 heterocycles. The van der Waals surface area contributed by atoms with Gasteiger partial charge in [-0.2, -0.15) is 0 Å². The summed E-state index contributed by atoms with van der Waals surface area (Å²) in [6.45, 7) is 8.95. The molecule has 0 saturated carbocycles. The summed E-state index contributed by atoms with van der Waals surface area (Å²) >= 11 is 0. The normalized spacial score (nSPS) is 21.3. The summed E-state index contributed by atoms with van der Waals surface area (Å²) in [5.41, 5.74) is 2.31. The van der Waals surface area contributed by atoms with E-state index in [9.17, 15) is 4.79 Å². The predicted octanol–water partition coefficient (Wildman–Crippen LogP) is 3.53. The van der Waals surface area contributed by atoms with Crippen LogP contribution in [0.15, 0.2) is 34.9 Å². The summed E-state index contributed by atoms with van der Waals surface area (Å²) in [4.78, 5) is 14.9. The molecule has 128 valence electrons. The van der Waals surface area contributed by atoms with Crippen LogP contribution in [0.1, 0.15) is 47.3 Å². The molecule has 1 aromatic heterocycles. The van der Waals surface area contributed by atoms with Crippen molar-refractivity contribution >= 4 is 5.91 Å². The first-order valence-electron chi connectivity index (χ1n) is 8.40. The van der Waals surface area contributed by atoms with Gasteiger partial charge in [0.25, 0.3) is 5.91 Å². The molecule has 24 heavy (non-hydrogen) atoms. The second-order valence-corrected chi connectivity index (χ2v) is 6.73. The maximum absolute atomic E-state index is 13.0. The van der Waals surface area contributed by atoms with Crippen LogP contribution >= 0.6 is 0 Å². The quantitative estimate of drug-likeness (QED) is 0.865. The Morgan fingerprint density at radius 3 is 2.50 bits per heavy atom. The number of hydrogen-bond donors (Lipinski definition) is 0. The highest BCUT2D eigenvalue weighted by molar-refractivity contribution is 5.96. The molecule has 0 N–H and O–H groups in total. The zero-order valence-corrected chi connectivity index (χ0v) is 14.7. The summed E-state index contributed by atoms with van der Waals surface area (Å²) < 4.78 is 11.4. The maximum Gasteiger partial charge on any atom is 0.259 e. The van der Waals surface area contributed by atoms with Gasteiger partial charge >= 0.3 is 0 Å². The lowest BCUT2D eigenvalue weighted by atomic mass is 10.00. The van der Waals surface area contributed by atoms with Gasteiger partial charge in [-0.3, -0.25) is 4.79 Å². The van der Waals surface area contributed by atoms with Crippen LogP contribution < -0.4 is 0 Å². The molecule has 2 atom stereocenters. The Labute approximate surface area is 142 Å². The van der Waals surface area contributed by atoms with E-state index < -0.39 is 0 Å². The Balaban J connectivity index is 1.88. The smallest absolute Gasteiger partial charge is 0.259 e. The van der Waals surface area contributed by atoms with Crippen LogP contribution in [0.2, 0.25) is 0 Å². The van der Waals surface area contributed by atoms with E-state index in [0.717, 1.165) is 5.56 Å². The number of nitrogens with zero attached hydrogens (tertiary/aromatic N) is 2. The van der Waals surface area contributed by atoms with Crippen LogP contribution in [0, 0.1) is 19.8 Å². The van der Waals surface area contributed by atoms with Gasteiger partial charge in [-0.15, -0.1) is 0 Å². The Kier molecular flexibility index (Phi) is 4.71. The third-order valence-electron chi connectivity index (χ3n) is 4.57. The molecule has 2 aromatic rings. The number of carbonyl (C=O) groups is 1. The van der Waals surface area contributed by atoms with E-state index in [0.29, 0.717) is 36.0 Å². The average molecular weight is 328 g/mol. The lowest BCUT2D eigenvalue weighted by Crippen LogP contribution is -2.48. The molecule has 1 fully saturated rings. The zero-order valence-electron chi connectivity index (χ0n) is 14.7. The lowest BCUT2D eigenvalue weighted by Gasteiger charge is -2.40. The molecule has 0 unspecified atom stereocenters. The van der Waals surface area contributed by atoms with E-state index in [1.165, 1.54) is 0 Å². The Hall–Kier alpha value is -2.14. The highest BCUT2D eigenvalue weighted by Gasteiger charge is 2.35. The second-order valence-electron chi connectivity index (χ2n) is 6.73. The monoisotopic (exact) mass is 328 g/mol. The summed E-state index contributed by atoms with van der Waals surface area (Å²) in [6.07, 6.45) is -0.106. The third kappa shape index (κ3) is 3.22. The molecule has 3 rings (SSSR count). The highest BCUT2D eigenvalue weighted by atomic mass is 16.5. The standard InChI is InChI=1S/C19H24N2O3/c1-12(2)16-10-21(19(22)18-13(3)20-24-14(18)4)11-17(23-16)15-8-6-5-7-9-15/h5-9,12,16-17H,10-11H2,1-4H3/t16-,17+/m1/s1. The van der Waals surface area contributed by atoms with Gasteiger partial charge in [0.15, 0.2) is 0 Å². The van der Waals surface area contributed by atoms with Crippen molar-refractivity contribution in [2.45, 2.75) is 39.9 Å². The van der Waals surface area contributed by atoms with Crippen LogP contribution in [0.5, 0.6) is 0 Å². The van der Waals surface area contributed by atoms with Crippen LogP contribution in [-0.4, -0.2) is 35.2 Å². The van der Waals surface area contributed by atoms with Crippen LogP contribution in [0.25, 0.3) is 0 Å². The van der Waals surface area contributed by atoms with Crippen LogP contribution in [0.3, 0.4) is 0 Å². The number of ether oxygens (including phenoxy) is 1. The molecule has 0 aliphatic carbocycles. The minimum absolute atomic E-state index is 0.00776. The first kappa shape index (κ1) is 16.7. The highest BCUT2D eigenvalue weighted by Crippen LogP contribution is 2.29. The molecule has 1 amide bonds. The molecule has 1 aliphatic heterocycles. The van der Waals surface area contributed by atoms with Crippen molar-refractivity contribution < 1.29 is 14.1 Å². The van der Waals surface area contributed by atoms with E-state index in [2.05, 4.69) is 19.0 Å². The van der Waals surface area contributed by atoms with Gasteiger partial charge in [0.05, 0.1) is 18.3 Å². The van der Waals surface area contributed by atoms with Crippen molar-refractivity contribution in [3.8, 4) is 0 Å². The number of carbonyl (C=O) groups excluding carboxylic acids is 1. The predicted molar refractivity (Wildman–Crippen MR) is 90.8 cm³/mol. The summed E-state index contributed by atoms with van der Waals surface area (Å²) in [7, 11) is 0. The molecule has 5 heteroatoms. The van der Waals surface area contributed by atoms with E-state index in [-0.39, 0.29) is 18.1 Å². The van der Waals surface area contributed by atoms with Crippen molar-refractivity contribution in [3.63, 3.8) is 0 Å². The van der Waals surface area contributed by atoms with Gasteiger partial charge < -0.3 is 14.2 Å². The van der Waals surface area contributed by atoms with Gasteiger partial charge in [-0.25, -0.2) is 0 Å². The van der Waals surface area contributed by atoms with Crippen molar-refractivity contribution in [2.24, 2.45) is 5.92 Å². The Morgan fingerprint density at radius 1 is 1.21 bits per heavy atom. The molecule has 1 aromatic carbocycles. The molecule has 0 bridgehead atoms. The molecule has 1 aliphatic rings. The number of rotatable bonds is 3. The molecular formula is C19H24N2O3. The summed E-state index contributed by atoms with van der Waals surface area (Å²) in [5, 5.41) is 3.91. The topological polar surface area (TPSA) is 55.6 Å². The fraction of sp³-hybridized carbons (Fsp3) is 0.474. The minimum Gasteiger partial charge on any atom is -0.366 e. The number of morpholine rings is 1. The number of aryl methyl sites for hydroxylation is 2. The zero-order chi connectivity index (χ0) is 17.3. The minimum atomic E-state index is -0.114. The van der Waals surface area contributed by atoms with E-state index >= 15 is 0 Å². The molecule has 5 nitrogen and oxygen atoms in total. The van der Waals surface area contributed by atoms with Gasteiger partial charge in [-0.1, -0.05) is 49.3 Å². The Bertz CT molecular complexity index is 689. The largest absolute Gasteiger partial charge is 0.366 e. The fourth-order valence-corrected chi connectivity index (χ4v) is 3.12. The van der Waals surface area contributed by atoms with Gasteiger partial charge in [-0.05, 0) is 25.3 Å². The first-order chi connectivity index (χ1) is 11.5. The second kappa shape index (κ2) is 6.77. The maximum atomic E-state index is 13.0. The third-order valence-corrected chi connectivity index (χ3v) is 4.57. The van der Waals surface area contributed by atoms with Gasteiger partial charge in [0.1, 0.15) is 17.4 Å². The van der Waals surface area contributed by atoms with Crippen LogP contribution in [-0.2, 0) is 4.74 Å². The lowest BCUT2D eigenvalue weighted by molar-refractivity contribution is -0.0955. The summed E-state index contributed by atoms with van der Waals surface area (Å²) in [6, 6.07) is 10.1. The SMILES string of the molecule is Cc1noc(C)c1C(=O)N1C[C@@H](c2ccccc2)O[C@@H](C(C)C)C1. The van der Waals surface area contributed by atoms with Gasteiger partial charge in [0, 0.05) is 6.54 Å². The van der Waals surface area contributed by atoms with Crippen molar-refractivity contribution in [2.75, 3.05) is 13.1 Å². The average Bonchev–Trinajstić information content (AvgIpc) is 2.93. The van der Waals surface area contributed by atoms with Crippen molar-refractivity contribution in [1.82, 2.24) is 10.1 Å². The van der Waals surface area contributed by atoms with Gasteiger partial charge in [0.2, 0.25) is 0 Å². The number of hydrogen-bond acceptors (Lipinski definition) is 4. The van der Waals surface area contributed by atoms with E-state index in [4.69, 9.17) is 9.26 Å². The van der Waals surface area contributed by atoms with E-state index in [1.54, 1.807) is 13.8 Å². The molecule has 0 spiro atoms. The Morgan fingerprint density at radius 2 is 1.92 bits per heavy atom.